The summed E-state index contributed by atoms with van der Waals surface area (Å²) in [5.41, 5.74) is 2.76. The van der Waals surface area contributed by atoms with Crippen LogP contribution in [-0.4, -0.2) is 17.6 Å². The van der Waals surface area contributed by atoms with E-state index in [1.54, 1.807) is 11.3 Å². The van der Waals surface area contributed by atoms with Gasteiger partial charge < -0.3 is 4.74 Å². The van der Waals surface area contributed by atoms with Crippen LogP contribution in [0.1, 0.15) is 36.6 Å². The third-order valence-corrected chi connectivity index (χ3v) is 6.37. The minimum absolute atomic E-state index is 0.0806. The smallest absolute Gasteiger partial charge is 0.306 e. The number of nitrogens with zero attached hydrogens (tertiary/aromatic N) is 2. The van der Waals surface area contributed by atoms with E-state index in [1.165, 1.54) is 0 Å². The number of thiophene rings is 1. The molecule has 4 aromatic rings. The average molecular weight is 401 g/mol. The van der Waals surface area contributed by atoms with Crippen molar-refractivity contribution >= 4 is 38.2 Å². The van der Waals surface area contributed by atoms with Gasteiger partial charge in [-0.1, -0.05) is 37.3 Å². The van der Waals surface area contributed by atoms with E-state index in [1.807, 2.05) is 62.6 Å². The monoisotopic (exact) mass is 400 g/mol. The lowest BCUT2D eigenvalue weighted by Crippen LogP contribution is -2.07. The minimum Gasteiger partial charge on any atom is -0.466 e. The molecule has 0 aliphatic carbocycles. The summed E-state index contributed by atoms with van der Waals surface area (Å²) in [7, 11) is 0. The highest BCUT2D eigenvalue weighted by molar-refractivity contribution is 7.19. The van der Waals surface area contributed by atoms with E-state index in [2.05, 4.69) is 17.1 Å². The van der Waals surface area contributed by atoms with Gasteiger partial charge in [0, 0.05) is 39.5 Å². The molecule has 0 aliphatic heterocycles. The average Bonchev–Trinajstić information content (AvgIpc) is 3.18. The van der Waals surface area contributed by atoms with Crippen molar-refractivity contribution in [3.8, 4) is 17.2 Å². The Bertz CT molecular complexity index is 1250. The molecule has 29 heavy (non-hydrogen) atoms. The summed E-state index contributed by atoms with van der Waals surface area (Å²) in [4.78, 5) is 17.5. The molecule has 0 fully saturated rings. The van der Waals surface area contributed by atoms with Crippen LogP contribution in [0.4, 0.5) is 0 Å². The normalized spacial score (nSPS) is 12.0. The first-order chi connectivity index (χ1) is 14.1. The SMILES string of the molecule is CCOC(=O)CC(C)c1cc2c(-c3ccc(C#N)c4ccccc34)cncc2s1. The highest BCUT2D eigenvalue weighted by Crippen LogP contribution is 2.39. The van der Waals surface area contributed by atoms with E-state index < -0.39 is 0 Å². The molecule has 2 aromatic heterocycles. The number of benzene rings is 2. The molecule has 0 saturated carbocycles. The Kier molecular flexibility index (Phi) is 5.28. The first-order valence-corrected chi connectivity index (χ1v) is 10.4. The number of aromatic nitrogens is 1. The fourth-order valence-electron chi connectivity index (χ4n) is 3.64. The van der Waals surface area contributed by atoms with Crippen molar-refractivity contribution in [1.29, 1.82) is 5.26 Å². The third kappa shape index (κ3) is 3.59. The van der Waals surface area contributed by atoms with Crippen LogP contribution in [0.2, 0.25) is 0 Å². The molecule has 0 N–H and O–H groups in total. The number of hydrogen-bond donors (Lipinski definition) is 0. The number of carbonyl (C=O) groups is 1. The molecule has 1 unspecified atom stereocenters. The van der Waals surface area contributed by atoms with Crippen molar-refractivity contribution in [2.45, 2.75) is 26.2 Å². The van der Waals surface area contributed by atoms with Gasteiger partial charge in [-0.2, -0.15) is 5.26 Å². The van der Waals surface area contributed by atoms with Gasteiger partial charge in [0.15, 0.2) is 0 Å². The van der Waals surface area contributed by atoms with Crippen LogP contribution in [0.15, 0.2) is 54.9 Å². The van der Waals surface area contributed by atoms with E-state index in [0.717, 1.165) is 36.9 Å². The fraction of sp³-hybridized carbons (Fsp3) is 0.208. The van der Waals surface area contributed by atoms with Crippen LogP contribution < -0.4 is 0 Å². The number of hydrogen-bond acceptors (Lipinski definition) is 5. The number of fused-ring (bicyclic) bond motifs is 2. The molecule has 0 spiro atoms. The Morgan fingerprint density at radius 3 is 2.69 bits per heavy atom. The Hall–Kier alpha value is -3.23. The molecule has 2 aromatic carbocycles. The molecule has 1 atom stereocenters. The van der Waals surface area contributed by atoms with E-state index >= 15 is 0 Å². The van der Waals surface area contributed by atoms with Gasteiger partial charge in [0.25, 0.3) is 0 Å². The molecule has 0 radical (unpaired) electrons. The van der Waals surface area contributed by atoms with Gasteiger partial charge in [0.1, 0.15) is 0 Å². The van der Waals surface area contributed by atoms with Crippen molar-refractivity contribution in [1.82, 2.24) is 4.98 Å². The maximum absolute atomic E-state index is 11.9. The van der Waals surface area contributed by atoms with Gasteiger partial charge in [0.2, 0.25) is 0 Å². The lowest BCUT2D eigenvalue weighted by Gasteiger charge is -2.09. The van der Waals surface area contributed by atoms with Crippen LogP contribution in [0, 0.1) is 11.3 Å². The Balaban J connectivity index is 1.82. The summed E-state index contributed by atoms with van der Waals surface area (Å²) in [6.45, 7) is 4.27. The number of rotatable bonds is 5. The van der Waals surface area contributed by atoms with E-state index in [-0.39, 0.29) is 11.9 Å². The number of ether oxygens (including phenoxy) is 1. The van der Waals surface area contributed by atoms with Gasteiger partial charge in [-0.3, -0.25) is 9.78 Å². The molecule has 0 aliphatic rings. The molecule has 5 heteroatoms. The molecule has 0 bridgehead atoms. The maximum Gasteiger partial charge on any atom is 0.306 e. The first-order valence-electron chi connectivity index (χ1n) is 9.57. The quantitative estimate of drug-likeness (QED) is 0.383. The van der Waals surface area contributed by atoms with E-state index in [9.17, 15) is 10.1 Å². The first kappa shape index (κ1) is 19.1. The second kappa shape index (κ2) is 8.02. The second-order valence-corrected chi connectivity index (χ2v) is 8.09. The maximum atomic E-state index is 11.9. The lowest BCUT2D eigenvalue weighted by molar-refractivity contribution is -0.143. The summed E-state index contributed by atoms with van der Waals surface area (Å²) >= 11 is 1.66. The molecule has 4 rings (SSSR count). The fourth-order valence-corrected chi connectivity index (χ4v) is 4.75. The van der Waals surface area contributed by atoms with Crippen molar-refractivity contribution in [3.05, 3.63) is 65.3 Å². The van der Waals surface area contributed by atoms with Crippen molar-refractivity contribution < 1.29 is 9.53 Å². The van der Waals surface area contributed by atoms with Crippen LogP contribution in [0.3, 0.4) is 0 Å². The van der Waals surface area contributed by atoms with Crippen molar-refractivity contribution in [3.63, 3.8) is 0 Å². The van der Waals surface area contributed by atoms with Gasteiger partial charge in [-0.15, -0.1) is 11.3 Å². The van der Waals surface area contributed by atoms with Gasteiger partial charge in [0.05, 0.1) is 29.4 Å². The molecular weight excluding hydrogens is 380 g/mol. The zero-order valence-electron chi connectivity index (χ0n) is 16.3. The topological polar surface area (TPSA) is 63.0 Å². The summed E-state index contributed by atoms with van der Waals surface area (Å²) in [6.07, 6.45) is 4.11. The van der Waals surface area contributed by atoms with Crippen LogP contribution in [0.25, 0.3) is 32.0 Å². The lowest BCUT2D eigenvalue weighted by atomic mass is 9.94. The Labute approximate surface area is 173 Å². The summed E-state index contributed by atoms with van der Waals surface area (Å²) in [6, 6.07) is 16.3. The predicted molar refractivity (Wildman–Crippen MR) is 117 cm³/mol. The number of nitriles is 1. The number of pyridine rings is 1. The number of esters is 1. The van der Waals surface area contributed by atoms with Gasteiger partial charge in [-0.25, -0.2) is 0 Å². The van der Waals surface area contributed by atoms with Crippen LogP contribution >= 0.6 is 11.3 Å². The molecule has 0 saturated heterocycles. The van der Waals surface area contributed by atoms with E-state index in [0.29, 0.717) is 18.6 Å². The standard InChI is InChI=1S/C24H20N2O2S/c1-3-28-24(27)10-15(2)22-11-20-21(13-26-14-23(20)29-22)19-9-8-16(12-25)17-6-4-5-7-18(17)19/h4-9,11,13-15H,3,10H2,1-2H3. The Morgan fingerprint density at radius 1 is 1.14 bits per heavy atom. The van der Waals surface area contributed by atoms with E-state index in [4.69, 9.17) is 4.74 Å². The predicted octanol–water partition coefficient (Wildman–Crippen LogP) is 6.04. The highest BCUT2D eigenvalue weighted by atomic mass is 32.1. The molecule has 4 nitrogen and oxygen atoms in total. The largest absolute Gasteiger partial charge is 0.466 e. The van der Waals surface area contributed by atoms with Gasteiger partial charge in [-0.05, 0) is 30.0 Å². The van der Waals surface area contributed by atoms with Crippen LogP contribution in [-0.2, 0) is 9.53 Å². The zero-order valence-corrected chi connectivity index (χ0v) is 17.1. The molecule has 0 amide bonds. The molecule has 2 heterocycles. The summed E-state index contributed by atoms with van der Waals surface area (Å²) < 4.78 is 6.18. The van der Waals surface area contributed by atoms with Crippen LogP contribution in [0.5, 0.6) is 0 Å². The Morgan fingerprint density at radius 2 is 1.93 bits per heavy atom. The summed E-state index contributed by atoms with van der Waals surface area (Å²) in [5.74, 6) is -0.0918. The minimum atomic E-state index is -0.172. The van der Waals surface area contributed by atoms with Crippen molar-refractivity contribution in [2.75, 3.05) is 6.61 Å². The third-order valence-electron chi connectivity index (χ3n) is 5.06. The number of carbonyl (C=O) groups excluding carboxylic acids is 1. The molecular formula is C24H20N2O2S. The molecule has 144 valence electrons. The highest BCUT2D eigenvalue weighted by Gasteiger charge is 2.17. The van der Waals surface area contributed by atoms with Crippen molar-refractivity contribution in [2.24, 2.45) is 0 Å². The zero-order chi connectivity index (χ0) is 20.4. The summed E-state index contributed by atoms with van der Waals surface area (Å²) in [5, 5.41) is 12.5. The second-order valence-electron chi connectivity index (χ2n) is 6.98. The van der Waals surface area contributed by atoms with Gasteiger partial charge >= 0.3 is 5.97 Å².